The summed E-state index contributed by atoms with van der Waals surface area (Å²) in [4.78, 5) is 46.9. The lowest BCUT2D eigenvalue weighted by atomic mass is 10.1. The van der Waals surface area contributed by atoms with Crippen LogP contribution < -0.4 is 16.7 Å². The van der Waals surface area contributed by atoms with Gasteiger partial charge in [-0.25, -0.2) is 19.1 Å². The highest BCUT2D eigenvalue weighted by atomic mass is 32.1. The molecule has 0 atom stereocenters. The van der Waals surface area contributed by atoms with Crippen LogP contribution in [0.3, 0.4) is 0 Å². The molecule has 9 nitrogen and oxygen atoms in total. The highest BCUT2D eigenvalue weighted by Crippen LogP contribution is 2.27. The minimum atomic E-state index is -0.726. The van der Waals surface area contributed by atoms with E-state index in [4.69, 9.17) is 4.74 Å². The Hall–Kier alpha value is -3.79. The molecular weight excluding hydrogens is 478 g/mol. The Morgan fingerprint density at radius 3 is 2.56 bits per heavy atom. The number of nitrogens with zero attached hydrogens (tertiary/aromatic N) is 4. The van der Waals surface area contributed by atoms with Crippen molar-refractivity contribution in [1.82, 2.24) is 19.1 Å². The van der Waals surface area contributed by atoms with Gasteiger partial charge in [-0.15, -0.1) is 11.3 Å². The SMILES string of the molecule is CCCc1nc2ccc(Nc3nc(=O)n(CCC(=O)OCC)c(=O)n3Cc3ccc(C)cc3)cc2s1. The van der Waals surface area contributed by atoms with Gasteiger partial charge < -0.3 is 10.1 Å². The van der Waals surface area contributed by atoms with E-state index in [9.17, 15) is 14.4 Å². The maximum absolute atomic E-state index is 13.4. The Labute approximate surface area is 212 Å². The second-order valence-corrected chi connectivity index (χ2v) is 9.56. The number of nitrogens with one attached hydrogen (secondary N) is 1. The fourth-order valence-corrected chi connectivity index (χ4v) is 4.88. The van der Waals surface area contributed by atoms with E-state index in [0.717, 1.165) is 43.8 Å². The molecular formula is C26H29N5O4S. The Morgan fingerprint density at radius 2 is 1.83 bits per heavy atom. The van der Waals surface area contributed by atoms with E-state index >= 15 is 0 Å². The fraction of sp³-hybridized carbons (Fsp3) is 0.346. The summed E-state index contributed by atoms with van der Waals surface area (Å²) >= 11 is 1.63. The Morgan fingerprint density at radius 1 is 1.06 bits per heavy atom. The van der Waals surface area contributed by atoms with Crippen LogP contribution in [0.5, 0.6) is 0 Å². The Kier molecular flexibility index (Phi) is 7.94. The summed E-state index contributed by atoms with van der Waals surface area (Å²) in [6.07, 6.45) is 1.85. The lowest BCUT2D eigenvalue weighted by Gasteiger charge is -2.16. The number of aryl methyl sites for hydroxylation is 2. The van der Waals surface area contributed by atoms with E-state index in [1.54, 1.807) is 18.3 Å². The zero-order valence-electron chi connectivity index (χ0n) is 20.6. The number of carbonyl (C=O) groups is 1. The molecule has 0 aliphatic carbocycles. The van der Waals surface area contributed by atoms with Crippen LogP contribution in [-0.2, 0) is 29.0 Å². The van der Waals surface area contributed by atoms with E-state index < -0.39 is 17.3 Å². The predicted molar refractivity (Wildman–Crippen MR) is 141 cm³/mol. The molecule has 36 heavy (non-hydrogen) atoms. The van der Waals surface area contributed by atoms with Gasteiger partial charge in [0, 0.05) is 12.2 Å². The third-order valence-electron chi connectivity index (χ3n) is 5.61. The minimum Gasteiger partial charge on any atom is -0.466 e. The first kappa shape index (κ1) is 25.3. The Balaban J connectivity index is 1.71. The zero-order valence-corrected chi connectivity index (χ0v) is 21.4. The predicted octanol–water partition coefficient (Wildman–Crippen LogP) is 4.02. The van der Waals surface area contributed by atoms with Crippen LogP contribution in [0.4, 0.5) is 11.6 Å². The highest BCUT2D eigenvalue weighted by Gasteiger charge is 2.16. The quantitative estimate of drug-likeness (QED) is 0.323. The number of thiazole rings is 1. The number of esters is 1. The minimum absolute atomic E-state index is 0.0931. The van der Waals surface area contributed by atoms with Gasteiger partial charge in [0.1, 0.15) is 0 Å². The molecule has 2 aromatic heterocycles. The molecule has 0 amide bonds. The van der Waals surface area contributed by atoms with Crippen LogP contribution in [0.1, 0.15) is 42.8 Å². The number of rotatable bonds is 10. The van der Waals surface area contributed by atoms with Gasteiger partial charge >= 0.3 is 17.3 Å². The van der Waals surface area contributed by atoms with E-state index in [1.807, 2.05) is 49.4 Å². The summed E-state index contributed by atoms with van der Waals surface area (Å²) < 4.78 is 8.33. The number of fused-ring (bicyclic) bond motifs is 1. The average molecular weight is 508 g/mol. The molecule has 0 aliphatic rings. The van der Waals surface area contributed by atoms with Crippen molar-refractivity contribution in [3.05, 3.63) is 79.6 Å². The molecule has 0 fully saturated rings. The maximum Gasteiger partial charge on any atom is 0.354 e. The summed E-state index contributed by atoms with van der Waals surface area (Å²) in [6.45, 7) is 6.14. The van der Waals surface area contributed by atoms with Crippen molar-refractivity contribution in [2.45, 2.75) is 53.1 Å². The van der Waals surface area contributed by atoms with Crippen LogP contribution in [-0.4, -0.2) is 31.7 Å². The van der Waals surface area contributed by atoms with E-state index in [0.29, 0.717) is 5.69 Å². The van der Waals surface area contributed by atoms with Gasteiger partial charge in [-0.1, -0.05) is 36.8 Å². The standard InChI is InChI=1S/C26H29N5O4S/c1-4-6-22-28-20-12-11-19(15-21(20)36-22)27-24-29-25(33)30(14-13-23(32)35-5-2)26(34)31(24)16-18-9-7-17(3)8-10-18/h7-12,15H,4-6,13-14,16H2,1-3H3,(H,27,29,33). The maximum atomic E-state index is 13.4. The molecule has 4 rings (SSSR count). The molecule has 4 aromatic rings. The third kappa shape index (κ3) is 5.88. The van der Waals surface area contributed by atoms with Crippen LogP contribution in [0.15, 0.2) is 52.1 Å². The number of aromatic nitrogens is 4. The summed E-state index contributed by atoms with van der Waals surface area (Å²) in [5.41, 5.74) is 2.31. The van der Waals surface area contributed by atoms with Crippen molar-refractivity contribution in [2.75, 3.05) is 11.9 Å². The number of benzene rings is 2. The normalized spacial score (nSPS) is 11.1. The van der Waals surface area contributed by atoms with Crippen molar-refractivity contribution >= 4 is 39.2 Å². The van der Waals surface area contributed by atoms with Gasteiger partial charge in [0.05, 0.1) is 34.8 Å². The lowest BCUT2D eigenvalue weighted by Crippen LogP contribution is -2.43. The second-order valence-electron chi connectivity index (χ2n) is 8.44. The molecule has 0 aliphatic heterocycles. The third-order valence-corrected chi connectivity index (χ3v) is 6.69. The molecule has 1 N–H and O–H groups in total. The van der Waals surface area contributed by atoms with Crippen LogP contribution in [0.2, 0.25) is 0 Å². The first-order valence-corrected chi connectivity index (χ1v) is 12.8. The van der Waals surface area contributed by atoms with Gasteiger partial charge in [-0.05, 0) is 50.5 Å². The van der Waals surface area contributed by atoms with Gasteiger partial charge in [-0.3, -0.25) is 9.36 Å². The molecule has 0 saturated heterocycles. The smallest absolute Gasteiger partial charge is 0.354 e. The molecule has 2 aromatic carbocycles. The van der Waals surface area contributed by atoms with Crippen molar-refractivity contribution in [2.24, 2.45) is 0 Å². The van der Waals surface area contributed by atoms with Crippen LogP contribution >= 0.6 is 11.3 Å². The summed E-state index contributed by atoms with van der Waals surface area (Å²) in [5.74, 6) is -0.341. The molecule has 10 heteroatoms. The average Bonchev–Trinajstić information content (AvgIpc) is 3.25. The largest absolute Gasteiger partial charge is 0.466 e. The summed E-state index contributed by atoms with van der Waals surface area (Å²) in [5, 5.41) is 4.23. The molecule has 0 bridgehead atoms. The number of ether oxygens (including phenoxy) is 1. The second kappa shape index (κ2) is 11.3. The molecule has 188 valence electrons. The van der Waals surface area contributed by atoms with E-state index in [-0.39, 0.29) is 32.1 Å². The van der Waals surface area contributed by atoms with Gasteiger partial charge in [0.15, 0.2) is 0 Å². The van der Waals surface area contributed by atoms with Gasteiger partial charge in [0.25, 0.3) is 0 Å². The van der Waals surface area contributed by atoms with E-state index in [1.165, 1.54) is 4.57 Å². The number of hydrogen-bond donors (Lipinski definition) is 1. The first-order valence-electron chi connectivity index (χ1n) is 12.0. The Bertz CT molecular complexity index is 1490. The fourth-order valence-electron chi connectivity index (χ4n) is 3.77. The molecule has 0 unspecified atom stereocenters. The van der Waals surface area contributed by atoms with Crippen LogP contribution in [0.25, 0.3) is 10.2 Å². The van der Waals surface area contributed by atoms with Gasteiger partial charge in [-0.2, -0.15) is 4.98 Å². The number of carbonyl (C=O) groups excluding carboxylic acids is 1. The van der Waals surface area contributed by atoms with Crippen molar-refractivity contribution in [3.63, 3.8) is 0 Å². The van der Waals surface area contributed by atoms with E-state index in [2.05, 4.69) is 22.2 Å². The molecule has 2 heterocycles. The molecule has 0 spiro atoms. The first-order chi connectivity index (χ1) is 17.4. The van der Waals surface area contributed by atoms with Crippen LogP contribution in [0, 0.1) is 6.92 Å². The lowest BCUT2D eigenvalue weighted by molar-refractivity contribution is -0.143. The topological polar surface area (TPSA) is 108 Å². The van der Waals surface area contributed by atoms with Gasteiger partial charge in [0.2, 0.25) is 5.95 Å². The number of anilines is 2. The zero-order chi connectivity index (χ0) is 25.7. The monoisotopic (exact) mass is 507 g/mol. The van der Waals surface area contributed by atoms with Crippen molar-refractivity contribution in [1.29, 1.82) is 0 Å². The summed E-state index contributed by atoms with van der Waals surface area (Å²) in [6, 6.07) is 13.5. The highest BCUT2D eigenvalue weighted by molar-refractivity contribution is 7.18. The summed E-state index contributed by atoms with van der Waals surface area (Å²) in [7, 11) is 0. The molecule has 0 radical (unpaired) electrons. The molecule has 0 saturated carbocycles. The number of hydrogen-bond acceptors (Lipinski definition) is 8. The van der Waals surface area contributed by atoms with Crippen molar-refractivity contribution in [3.8, 4) is 0 Å². The van der Waals surface area contributed by atoms with Crippen molar-refractivity contribution < 1.29 is 9.53 Å².